The van der Waals surface area contributed by atoms with Gasteiger partial charge in [-0.3, -0.25) is 10.1 Å². The predicted octanol–water partition coefficient (Wildman–Crippen LogP) is 4.98. The molecular formula is C34H40ClN5O5. The first-order chi connectivity index (χ1) is 21.8. The zero-order valence-corrected chi connectivity index (χ0v) is 26.2. The van der Waals surface area contributed by atoms with Crippen LogP contribution in [0.4, 0.5) is 21.0 Å². The molecule has 2 aromatic carbocycles. The molecule has 0 aliphatic carbocycles. The van der Waals surface area contributed by atoms with Gasteiger partial charge in [0.2, 0.25) is 0 Å². The number of carbonyl (C=O) groups is 3. The molecule has 0 radical (unpaired) electrons. The lowest BCUT2D eigenvalue weighted by molar-refractivity contribution is -0.142. The number of carbonyl (C=O) groups excluding carboxylic acids is 3. The molecule has 0 aromatic heterocycles. The molecule has 1 atom stereocenters. The smallest absolute Gasteiger partial charge is 0.412 e. The van der Waals surface area contributed by atoms with Gasteiger partial charge in [-0.1, -0.05) is 42.1 Å². The number of ether oxygens (including phenoxy) is 2. The third-order valence-electron chi connectivity index (χ3n) is 9.74. The molecule has 11 heteroatoms. The largest absolute Gasteiger partial charge is 0.438 e. The number of benzene rings is 2. The van der Waals surface area contributed by atoms with Gasteiger partial charge in [-0.05, 0) is 62.5 Å². The molecule has 3 amide bonds. The van der Waals surface area contributed by atoms with Crippen molar-refractivity contribution in [2.45, 2.75) is 69.1 Å². The van der Waals surface area contributed by atoms with Crippen molar-refractivity contribution in [2.24, 2.45) is 0 Å². The maximum atomic E-state index is 14.0. The average Bonchev–Trinajstić information content (AvgIpc) is 3.06. The minimum Gasteiger partial charge on any atom is -0.438 e. The number of likely N-dealkylation sites (tertiary alicyclic amines) is 3. The van der Waals surface area contributed by atoms with Crippen LogP contribution in [-0.4, -0.2) is 84.2 Å². The highest BCUT2D eigenvalue weighted by Crippen LogP contribution is 2.43. The molecule has 4 aliphatic rings. The number of rotatable bonds is 5. The number of para-hydroxylation sites is 1. The Morgan fingerprint density at radius 1 is 1.07 bits per heavy atom. The molecule has 3 fully saturated rings. The molecule has 3 saturated heterocycles. The first-order valence-corrected chi connectivity index (χ1v) is 16.3. The van der Waals surface area contributed by atoms with E-state index < -0.39 is 23.9 Å². The predicted molar refractivity (Wildman–Crippen MR) is 172 cm³/mol. The van der Waals surface area contributed by atoms with Gasteiger partial charge in [-0.2, -0.15) is 0 Å². The molecule has 0 saturated carbocycles. The SMILES string of the molecule is C#Cc1cc(C[C@@H](OC(=O)N2CCC3(CC2)OC(=O)Nc2ccccc23)C(=O)N2CCC(N3CCCCC3)CC2)cc(Cl)c1N. The van der Waals surface area contributed by atoms with E-state index in [9.17, 15) is 14.4 Å². The van der Waals surface area contributed by atoms with Crippen molar-refractivity contribution in [3.8, 4) is 12.3 Å². The summed E-state index contributed by atoms with van der Waals surface area (Å²) in [6.07, 6.45) is 9.95. The summed E-state index contributed by atoms with van der Waals surface area (Å²) in [7, 11) is 0. The minimum atomic E-state index is -1.07. The Morgan fingerprint density at radius 3 is 2.49 bits per heavy atom. The van der Waals surface area contributed by atoms with E-state index in [0.717, 1.165) is 31.5 Å². The highest BCUT2D eigenvalue weighted by molar-refractivity contribution is 6.33. The Kier molecular flexibility index (Phi) is 9.11. The van der Waals surface area contributed by atoms with Crippen molar-refractivity contribution < 1.29 is 23.9 Å². The molecule has 0 unspecified atom stereocenters. The maximum absolute atomic E-state index is 14.0. The molecule has 238 valence electrons. The summed E-state index contributed by atoms with van der Waals surface area (Å²) in [6, 6.07) is 11.4. The first-order valence-electron chi connectivity index (χ1n) is 15.9. The van der Waals surface area contributed by atoms with Crippen LogP contribution < -0.4 is 11.1 Å². The summed E-state index contributed by atoms with van der Waals surface area (Å²) in [6.45, 7) is 4.06. The molecular weight excluding hydrogens is 594 g/mol. The summed E-state index contributed by atoms with van der Waals surface area (Å²) in [5.74, 6) is 2.31. The second-order valence-corrected chi connectivity index (χ2v) is 12.9. The van der Waals surface area contributed by atoms with Crippen LogP contribution in [0, 0.1) is 12.3 Å². The highest BCUT2D eigenvalue weighted by atomic mass is 35.5. The van der Waals surface area contributed by atoms with Crippen molar-refractivity contribution in [2.75, 3.05) is 50.3 Å². The Bertz CT molecular complexity index is 1490. The zero-order valence-electron chi connectivity index (χ0n) is 25.4. The number of nitrogens with one attached hydrogen (secondary N) is 1. The van der Waals surface area contributed by atoms with Crippen LogP contribution >= 0.6 is 11.6 Å². The summed E-state index contributed by atoms with van der Waals surface area (Å²) in [5, 5.41) is 3.04. The topological polar surface area (TPSA) is 117 Å². The number of nitrogens with zero attached hydrogens (tertiary/aromatic N) is 3. The third kappa shape index (κ3) is 6.56. The molecule has 2 aromatic rings. The van der Waals surface area contributed by atoms with Gasteiger partial charge in [0.05, 0.1) is 16.4 Å². The minimum absolute atomic E-state index is 0.111. The second-order valence-electron chi connectivity index (χ2n) is 12.5. The summed E-state index contributed by atoms with van der Waals surface area (Å²) < 4.78 is 11.8. The van der Waals surface area contributed by atoms with E-state index in [1.807, 2.05) is 29.2 Å². The molecule has 3 N–H and O–H groups in total. The fourth-order valence-corrected chi connectivity index (χ4v) is 7.46. The Balaban J connectivity index is 1.16. The Hall–Kier alpha value is -3.94. The van der Waals surface area contributed by atoms with E-state index in [1.54, 1.807) is 17.0 Å². The van der Waals surface area contributed by atoms with Crippen molar-refractivity contribution in [3.05, 3.63) is 58.1 Å². The molecule has 10 nitrogen and oxygen atoms in total. The molecule has 4 heterocycles. The van der Waals surface area contributed by atoms with Gasteiger partial charge in [0.15, 0.2) is 6.10 Å². The van der Waals surface area contributed by atoms with E-state index in [4.69, 9.17) is 33.2 Å². The summed E-state index contributed by atoms with van der Waals surface area (Å²) in [4.78, 5) is 45.9. The number of nitrogen functional groups attached to an aromatic ring is 1. The quantitative estimate of drug-likeness (QED) is 0.352. The van der Waals surface area contributed by atoms with Gasteiger partial charge in [0.1, 0.15) is 5.60 Å². The second kappa shape index (κ2) is 13.2. The van der Waals surface area contributed by atoms with Crippen LogP contribution in [0.1, 0.15) is 61.6 Å². The number of hydrogen-bond acceptors (Lipinski definition) is 7. The summed E-state index contributed by atoms with van der Waals surface area (Å²) >= 11 is 6.37. The van der Waals surface area contributed by atoms with Crippen molar-refractivity contribution >= 4 is 41.1 Å². The number of anilines is 2. The van der Waals surface area contributed by atoms with E-state index in [2.05, 4.69) is 16.1 Å². The van der Waals surface area contributed by atoms with Gasteiger partial charge in [0, 0.05) is 62.6 Å². The number of amides is 3. The van der Waals surface area contributed by atoms with Gasteiger partial charge in [-0.15, -0.1) is 6.42 Å². The Morgan fingerprint density at radius 2 is 1.78 bits per heavy atom. The van der Waals surface area contributed by atoms with E-state index >= 15 is 0 Å². The molecule has 0 bridgehead atoms. The van der Waals surface area contributed by atoms with E-state index in [0.29, 0.717) is 72.6 Å². The lowest BCUT2D eigenvalue weighted by Gasteiger charge is -2.44. The third-order valence-corrected chi connectivity index (χ3v) is 10.1. The van der Waals surface area contributed by atoms with Gasteiger partial charge < -0.3 is 29.9 Å². The van der Waals surface area contributed by atoms with Crippen LogP contribution in [0.5, 0.6) is 0 Å². The number of terminal acetylenes is 1. The van der Waals surface area contributed by atoms with E-state index in [1.165, 1.54) is 19.3 Å². The van der Waals surface area contributed by atoms with Gasteiger partial charge in [-0.25, -0.2) is 9.59 Å². The van der Waals surface area contributed by atoms with Crippen LogP contribution in [0.15, 0.2) is 36.4 Å². The highest BCUT2D eigenvalue weighted by Gasteiger charge is 2.46. The average molecular weight is 634 g/mol. The number of halogens is 1. The number of piperidine rings is 3. The lowest BCUT2D eigenvalue weighted by atomic mass is 9.82. The monoisotopic (exact) mass is 633 g/mol. The van der Waals surface area contributed by atoms with Crippen molar-refractivity contribution in [3.63, 3.8) is 0 Å². The molecule has 1 spiro atoms. The van der Waals surface area contributed by atoms with Crippen molar-refractivity contribution in [1.29, 1.82) is 0 Å². The van der Waals surface area contributed by atoms with Gasteiger partial charge in [0.25, 0.3) is 5.91 Å². The molecule has 6 rings (SSSR count). The number of fused-ring (bicyclic) bond motifs is 2. The van der Waals surface area contributed by atoms with E-state index in [-0.39, 0.29) is 12.3 Å². The van der Waals surface area contributed by atoms with Crippen LogP contribution in [0.25, 0.3) is 0 Å². The van der Waals surface area contributed by atoms with Crippen LogP contribution in [-0.2, 0) is 26.3 Å². The van der Waals surface area contributed by atoms with Crippen LogP contribution in [0.3, 0.4) is 0 Å². The first kappa shape index (κ1) is 31.1. The fourth-order valence-electron chi connectivity index (χ4n) is 7.22. The normalized spacial score (nSPS) is 20.8. The standard InChI is InChI=1S/C34H40ClN5O5/c1-2-24-20-23(21-27(35)30(24)36)22-29(31(41)39-16-10-25(11-17-39)38-14-6-3-7-15-38)44-33(43)40-18-12-34(13-19-40)26-8-4-5-9-28(26)37-32(42)45-34/h1,4-5,8-9,20-21,25,29H,3,6-7,10-19,22,36H2,(H,37,42)/t29-/m1/s1. The van der Waals surface area contributed by atoms with Crippen molar-refractivity contribution in [1.82, 2.24) is 14.7 Å². The van der Waals surface area contributed by atoms with Crippen LogP contribution in [0.2, 0.25) is 5.02 Å². The fraction of sp³-hybridized carbons (Fsp3) is 0.500. The molecule has 4 aliphatic heterocycles. The lowest BCUT2D eigenvalue weighted by Crippen LogP contribution is -2.53. The zero-order chi connectivity index (χ0) is 31.6. The maximum Gasteiger partial charge on any atom is 0.412 e. The number of hydrogen-bond donors (Lipinski definition) is 2. The van der Waals surface area contributed by atoms with Gasteiger partial charge >= 0.3 is 12.2 Å². The molecule has 45 heavy (non-hydrogen) atoms. The Labute approximate surface area is 269 Å². The number of nitrogens with two attached hydrogens (primary N) is 1. The summed E-state index contributed by atoms with van der Waals surface area (Å²) in [5.41, 5.74) is 8.21.